The van der Waals surface area contributed by atoms with Gasteiger partial charge in [-0.15, -0.1) is 0 Å². The van der Waals surface area contributed by atoms with Gasteiger partial charge in [-0.05, 0) is 12.4 Å². The van der Waals surface area contributed by atoms with Crippen LogP contribution in [0, 0.1) is 17.0 Å². The summed E-state index contributed by atoms with van der Waals surface area (Å²) in [5, 5.41) is 10.7. The predicted octanol–water partition coefficient (Wildman–Crippen LogP) is 1.64. The van der Waals surface area contributed by atoms with Gasteiger partial charge in [0.15, 0.2) is 0 Å². The molecule has 0 fully saturated rings. The third kappa shape index (κ3) is 2.11. The van der Waals surface area contributed by atoms with Crippen LogP contribution in [0.4, 0.5) is 5.69 Å². The molecule has 1 aromatic rings. The highest BCUT2D eigenvalue weighted by molar-refractivity contribution is 5.59. The lowest BCUT2D eigenvalue weighted by Crippen LogP contribution is -1.96. The molecule has 0 heterocycles. The summed E-state index contributed by atoms with van der Waals surface area (Å²) in [6.45, 7) is -2.38. The first kappa shape index (κ1) is 5.85. The van der Waals surface area contributed by atoms with Crippen molar-refractivity contribution in [1.29, 1.82) is 0 Å². The molecule has 0 aliphatic carbocycles. The minimum atomic E-state index is -2.38. The molecule has 0 bridgehead atoms. The van der Waals surface area contributed by atoms with E-state index in [9.17, 15) is 14.9 Å². The van der Waals surface area contributed by atoms with E-state index in [1.807, 2.05) is 0 Å². The van der Waals surface area contributed by atoms with Crippen molar-refractivity contribution in [3.8, 4) is 0 Å². The van der Waals surface area contributed by atoms with Gasteiger partial charge < -0.3 is 4.79 Å². The van der Waals surface area contributed by atoms with Gasteiger partial charge in [-0.2, -0.15) is 0 Å². The fourth-order valence-corrected chi connectivity index (χ4v) is 0.996. The van der Waals surface area contributed by atoms with Gasteiger partial charge in [0, 0.05) is 22.2 Å². The maximum atomic E-state index is 10.7. The molecule has 0 radical (unpaired) electrons. The summed E-state index contributed by atoms with van der Waals surface area (Å²) in [5.74, 6) is 0. The Balaban J connectivity index is 3.28. The van der Waals surface area contributed by atoms with E-state index in [-0.39, 0.29) is 23.2 Å². The minimum Gasteiger partial charge on any atom is -0.303 e. The van der Waals surface area contributed by atoms with Gasteiger partial charge in [0.2, 0.25) is 0 Å². The maximum Gasteiger partial charge on any atom is 0.273 e. The molecule has 0 aliphatic heterocycles. The van der Waals surface area contributed by atoms with Crippen molar-refractivity contribution in [1.82, 2.24) is 0 Å². The second-order valence-electron chi connectivity index (χ2n) is 2.47. The van der Waals surface area contributed by atoms with Crippen molar-refractivity contribution in [2.75, 3.05) is 0 Å². The summed E-state index contributed by atoms with van der Waals surface area (Å²) in [7, 11) is 0. The molecule has 4 nitrogen and oxygen atoms in total. The van der Waals surface area contributed by atoms with Crippen LogP contribution in [0.15, 0.2) is 18.2 Å². The Hall–Kier alpha value is -1.71. The van der Waals surface area contributed by atoms with E-state index in [0.29, 0.717) is 6.29 Å². The van der Waals surface area contributed by atoms with Crippen molar-refractivity contribution in [3.63, 3.8) is 0 Å². The van der Waals surface area contributed by atoms with Crippen LogP contribution in [0.25, 0.3) is 0 Å². The molecular weight excluding hydrogens is 170 g/mol. The van der Waals surface area contributed by atoms with Crippen LogP contribution in [0.2, 0.25) is 0 Å². The second-order valence-corrected chi connectivity index (χ2v) is 2.47. The Morgan fingerprint density at radius 3 is 3.00 bits per heavy atom. The molecular formula is C9H9NO3. The zero-order chi connectivity index (χ0) is 12.3. The predicted molar refractivity (Wildman–Crippen MR) is 47.6 cm³/mol. The average molecular weight is 182 g/mol. The zero-order valence-corrected chi connectivity index (χ0v) is 6.69. The summed E-state index contributed by atoms with van der Waals surface area (Å²) in [5.41, 5.74) is -0.220. The van der Waals surface area contributed by atoms with Gasteiger partial charge in [-0.25, -0.2) is 0 Å². The Labute approximate surface area is 79.6 Å². The number of benzene rings is 1. The number of rotatable bonds is 3. The number of aryl methyl sites for hydroxylation is 1. The summed E-state index contributed by atoms with van der Waals surface area (Å²) in [6.07, 6.45) is 0.439. The molecule has 1 rings (SSSR count). The first-order valence-corrected chi connectivity index (χ1v) is 3.57. The van der Waals surface area contributed by atoms with Crippen molar-refractivity contribution < 1.29 is 13.8 Å². The number of hydrogen-bond donors (Lipinski definition) is 0. The normalized spacial score (nSPS) is 14.0. The fourth-order valence-electron chi connectivity index (χ4n) is 0.996. The van der Waals surface area contributed by atoms with Crippen LogP contribution in [-0.4, -0.2) is 11.2 Å². The molecule has 1 aromatic carbocycles. The van der Waals surface area contributed by atoms with Crippen LogP contribution in [0.5, 0.6) is 0 Å². The van der Waals surface area contributed by atoms with E-state index in [4.69, 9.17) is 4.11 Å². The number of hydrogen-bond acceptors (Lipinski definition) is 3. The van der Waals surface area contributed by atoms with Crippen molar-refractivity contribution >= 4 is 12.0 Å². The van der Waals surface area contributed by atoms with Crippen LogP contribution in [-0.2, 0) is 11.2 Å². The Kier molecular flexibility index (Phi) is 1.71. The molecule has 4 heteroatoms. The number of aldehydes is 1. The van der Waals surface area contributed by atoms with Gasteiger partial charge in [0.05, 0.1) is 4.92 Å². The van der Waals surface area contributed by atoms with Crippen molar-refractivity contribution in [2.45, 2.75) is 13.3 Å². The van der Waals surface area contributed by atoms with E-state index in [1.54, 1.807) is 0 Å². The largest absolute Gasteiger partial charge is 0.303 e. The highest BCUT2D eigenvalue weighted by Gasteiger charge is 2.12. The quantitative estimate of drug-likeness (QED) is 0.405. The van der Waals surface area contributed by atoms with Crippen LogP contribution >= 0.6 is 0 Å². The van der Waals surface area contributed by atoms with Crippen LogP contribution in [0.3, 0.4) is 0 Å². The van der Waals surface area contributed by atoms with E-state index in [0.717, 1.165) is 6.07 Å². The number of nitro benzene ring substituents is 1. The molecule has 0 spiro atoms. The minimum absolute atomic E-state index is 0.0996. The van der Waals surface area contributed by atoms with Gasteiger partial charge >= 0.3 is 0 Å². The summed E-state index contributed by atoms with van der Waals surface area (Å²) in [4.78, 5) is 20.3. The standard InChI is InChI=1S/C9H9NO3/c1-7-2-3-8(4-5-11)9(6-7)10(12)13/h2-3,5-6H,4H2,1H3/i1D3. The monoisotopic (exact) mass is 182 g/mol. The van der Waals surface area contributed by atoms with E-state index >= 15 is 0 Å². The van der Waals surface area contributed by atoms with Gasteiger partial charge in [0.1, 0.15) is 6.29 Å². The lowest BCUT2D eigenvalue weighted by molar-refractivity contribution is -0.385. The fraction of sp³-hybridized carbons (Fsp3) is 0.222. The number of carbonyl (C=O) groups excluding carboxylic acids is 1. The Morgan fingerprint density at radius 2 is 2.46 bits per heavy atom. The van der Waals surface area contributed by atoms with Gasteiger partial charge in [0.25, 0.3) is 5.69 Å². The molecule has 13 heavy (non-hydrogen) atoms. The third-order valence-corrected chi connectivity index (χ3v) is 1.59. The lowest BCUT2D eigenvalue weighted by atomic mass is 10.1. The van der Waals surface area contributed by atoms with Gasteiger partial charge in [-0.1, -0.05) is 12.1 Å². The maximum absolute atomic E-state index is 10.7. The summed E-state index contributed by atoms with van der Waals surface area (Å²) < 4.78 is 21.4. The van der Waals surface area contributed by atoms with E-state index in [1.165, 1.54) is 12.1 Å². The molecule has 0 aromatic heterocycles. The zero-order valence-electron chi connectivity index (χ0n) is 9.69. The van der Waals surface area contributed by atoms with Crippen molar-refractivity contribution in [2.24, 2.45) is 0 Å². The average Bonchev–Trinajstić information content (AvgIpc) is 2.16. The smallest absolute Gasteiger partial charge is 0.273 e. The van der Waals surface area contributed by atoms with Crippen LogP contribution in [0.1, 0.15) is 15.2 Å². The summed E-state index contributed by atoms with van der Waals surface area (Å²) >= 11 is 0. The highest BCUT2D eigenvalue weighted by atomic mass is 16.6. The van der Waals surface area contributed by atoms with Gasteiger partial charge in [-0.3, -0.25) is 10.1 Å². The lowest BCUT2D eigenvalue weighted by Gasteiger charge is -1.99. The third-order valence-electron chi connectivity index (χ3n) is 1.59. The van der Waals surface area contributed by atoms with E-state index < -0.39 is 11.8 Å². The first-order valence-electron chi connectivity index (χ1n) is 5.07. The molecule has 0 N–H and O–H groups in total. The Bertz CT molecular complexity index is 428. The highest BCUT2D eigenvalue weighted by Crippen LogP contribution is 2.19. The number of carbonyl (C=O) groups is 1. The SMILES string of the molecule is [2H]C([2H])([2H])c1ccc(CC=O)c([N+](=O)[O-])c1. The molecule has 0 aliphatic rings. The molecule has 68 valence electrons. The molecule has 0 saturated heterocycles. The second kappa shape index (κ2) is 3.80. The first-order chi connectivity index (χ1) is 7.36. The number of nitrogens with zero attached hydrogens (tertiary/aromatic N) is 1. The topological polar surface area (TPSA) is 60.2 Å². The molecule has 0 amide bonds. The number of nitro groups is 1. The molecule has 0 unspecified atom stereocenters. The van der Waals surface area contributed by atoms with Crippen LogP contribution < -0.4 is 0 Å². The summed E-state index contributed by atoms with van der Waals surface area (Å²) in [6, 6.07) is 3.57. The van der Waals surface area contributed by atoms with Crippen molar-refractivity contribution in [3.05, 3.63) is 39.4 Å². The van der Waals surface area contributed by atoms with E-state index in [2.05, 4.69) is 0 Å². The molecule has 0 atom stereocenters. The Morgan fingerprint density at radius 1 is 1.69 bits per heavy atom. The molecule has 0 saturated carbocycles.